The maximum Gasteiger partial charge on any atom is 0.245 e. The molecule has 0 heterocycles. The Morgan fingerprint density at radius 1 is 1.20 bits per heavy atom. The molecule has 0 amide bonds. The monoisotopic (exact) mass is 323 g/mol. The van der Waals surface area contributed by atoms with E-state index in [0.717, 1.165) is 28.8 Å². The molecule has 1 aromatic rings. The highest BCUT2D eigenvalue weighted by Gasteiger charge is 2.26. The summed E-state index contributed by atoms with van der Waals surface area (Å²) in [5.74, 6) is -0.899. The molecule has 114 valence electrons. The highest BCUT2D eigenvalue weighted by atomic mass is 32.2. The minimum Gasteiger partial charge on any atom is -0.224 e. The third-order valence-corrected chi connectivity index (χ3v) is 5.59. The molecule has 0 bridgehead atoms. The lowest BCUT2D eigenvalue weighted by molar-refractivity contribution is 0.413. The summed E-state index contributed by atoms with van der Waals surface area (Å²) in [6.45, 7) is 3.87. The van der Waals surface area contributed by atoms with Crippen LogP contribution in [0.25, 0.3) is 0 Å². The second kappa shape index (κ2) is 5.79. The van der Waals surface area contributed by atoms with Crippen molar-refractivity contribution in [3.05, 3.63) is 24.0 Å². The van der Waals surface area contributed by atoms with Crippen LogP contribution in [-0.4, -0.2) is 41.0 Å². The van der Waals surface area contributed by atoms with Crippen LogP contribution in [0.2, 0.25) is 0 Å². The third kappa shape index (κ3) is 3.77. The molecule has 0 radical (unpaired) electrons. The van der Waals surface area contributed by atoms with Gasteiger partial charge in [-0.05, 0) is 24.1 Å². The van der Waals surface area contributed by atoms with Gasteiger partial charge in [0, 0.05) is 19.8 Å². The van der Waals surface area contributed by atoms with Crippen LogP contribution in [0, 0.1) is 11.7 Å². The molecule has 5 nitrogen and oxygen atoms in total. The zero-order valence-corrected chi connectivity index (χ0v) is 13.4. The summed E-state index contributed by atoms with van der Waals surface area (Å²) in [6, 6.07) is 2.76. The average Bonchev–Trinajstić information content (AvgIpc) is 2.26. The quantitative estimate of drug-likeness (QED) is 0.770. The first-order valence-corrected chi connectivity index (χ1v) is 9.25. The van der Waals surface area contributed by atoms with E-state index in [-0.39, 0.29) is 17.4 Å². The topological polar surface area (TPSA) is 71.5 Å². The predicted octanol–water partition coefficient (Wildman–Crippen LogP) is 1.51. The minimum atomic E-state index is -4.05. The van der Waals surface area contributed by atoms with Gasteiger partial charge in [0.25, 0.3) is 0 Å². The van der Waals surface area contributed by atoms with E-state index in [1.54, 1.807) is 0 Å². The van der Waals surface area contributed by atoms with Gasteiger partial charge in [-0.2, -0.15) is 0 Å². The molecule has 0 atom stereocenters. The van der Waals surface area contributed by atoms with Crippen molar-refractivity contribution < 1.29 is 21.2 Å². The zero-order chi connectivity index (χ0) is 15.7. The number of sulfone groups is 1. The summed E-state index contributed by atoms with van der Waals surface area (Å²) >= 11 is 0. The van der Waals surface area contributed by atoms with Gasteiger partial charge in [-0.3, -0.25) is 0 Å². The Bertz CT molecular complexity index is 696. The maximum atomic E-state index is 13.8. The maximum absolute atomic E-state index is 13.8. The van der Waals surface area contributed by atoms with Crippen molar-refractivity contribution in [2.75, 3.05) is 19.8 Å². The fraction of sp³-hybridized carbons (Fsp3) is 0.500. The molecule has 20 heavy (non-hydrogen) atoms. The van der Waals surface area contributed by atoms with E-state index < -0.39 is 30.6 Å². The number of nitrogens with zero attached hydrogens (tertiary/aromatic N) is 1. The number of rotatable bonds is 5. The lowest BCUT2D eigenvalue weighted by atomic mass is 10.2. The van der Waals surface area contributed by atoms with Crippen molar-refractivity contribution >= 4 is 19.9 Å². The van der Waals surface area contributed by atoms with Gasteiger partial charge in [0.15, 0.2) is 9.84 Å². The zero-order valence-electron chi connectivity index (χ0n) is 11.8. The van der Waals surface area contributed by atoms with Crippen molar-refractivity contribution in [3.8, 4) is 0 Å². The Balaban J connectivity index is 3.38. The van der Waals surface area contributed by atoms with E-state index in [4.69, 9.17) is 0 Å². The van der Waals surface area contributed by atoms with Crippen LogP contribution >= 0.6 is 0 Å². The largest absolute Gasteiger partial charge is 0.245 e. The number of hydrogen-bond donors (Lipinski definition) is 0. The first kappa shape index (κ1) is 17.1. The Labute approximate surface area is 119 Å². The van der Waals surface area contributed by atoms with E-state index in [9.17, 15) is 21.2 Å². The Morgan fingerprint density at radius 2 is 1.75 bits per heavy atom. The fourth-order valence-electron chi connectivity index (χ4n) is 1.69. The first-order chi connectivity index (χ1) is 8.96. The average molecular weight is 323 g/mol. The standard InChI is InChI=1S/C12H18FNO4S2/c1-9(2)8-14(3)20(17,18)12-7-10(19(4,15)16)5-6-11(12)13/h5-7,9H,8H2,1-4H3. The Hall–Kier alpha value is -0.990. The van der Waals surface area contributed by atoms with Gasteiger partial charge >= 0.3 is 0 Å². The summed E-state index contributed by atoms with van der Waals surface area (Å²) in [4.78, 5) is -0.848. The van der Waals surface area contributed by atoms with E-state index in [1.807, 2.05) is 13.8 Å². The van der Waals surface area contributed by atoms with E-state index in [0.29, 0.717) is 0 Å². The molecule has 0 aliphatic rings. The summed E-state index contributed by atoms with van der Waals surface area (Å²) in [5.41, 5.74) is 0. The van der Waals surface area contributed by atoms with E-state index in [2.05, 4.69) is 0 Å². The Morgan fingerprint density at radius 3 is 2.20 bits per heavy atom. The summed E-state index contributed by atoms with van der Waals surface area (Å²) in [5, 5.41) is 0. The van der Waals surface area contributed by atoms with Crippen LogP contribution in [0.1, 0.15) is 13.8 Å². The van der Waals surface area contributed by atoms with Crippen molar-refractivity contribution in [2.24, 2.45) is 5.92 Å². The third-order valence-electron chi connectivity index (χ3n) is 2.64. The lowest BCUT2D eigenvalue weighted by Crippen LogP contribution is -2.31. The molecule has 0 saturated heterocycles. The number of benzene rings is 1. The number of hydrogen-bond acceptors (Lipinski definition) is 4. The van der Waals surface area contributed by atoms with E-state index >= 15 is 0 Å². The molecule has 0 spiro atoms. The van der Waals surface area contributed by atoms with Crippen LogP contribution in [-0.2, 0) is 19.9 Å². The number of sulfonamides is 1. The van der Waals surface area contributed by atoms with Crippen molar-refractivity contribution in [2.45, 2.75) is 23.6 Å². The molecule has 0 aliphatic heterocycles. The SMILES string of the molecule is CC(C)CN(C)S(=O)(=O)c1cc(S(C)(=O)=O)ccc1F. The molecular weight excluding hydrogens is 305 g/mol. The van der Waals surface area contributed by atoms with Crippen molar-refractivity contribution in [1.29, 1.82) is 0 Å². The summed E-state index contributed by atoms with van der Waals surface area (Å²) in [6.07, 6.45) is 0.939. The second-order valence-electron chi connectivity index (χ2n) is 5.04. The predicted molar refractivity (Wildman–Crippen MR) is 74.2 cm³/mol. The smallest absolute Gasteiger partial charge is 0.224 e. The highest BCUT2D eigenvalue weighted by molar-refractivity contribution is 7.91. The van der Waals surface area contributed by atoms with E-state index in [1.165, 1.54) is 7.05 Å². The van der Waals surface area contributed by atoms with Gasteiger partial charge in [-0.25, -0.2) is 25.5 Å². The highest BCUT2D eigenvalue weighted by Crippen LogP contribution is 2.22. The summed E-state index contributed by atoms with van der Waals surface area (Å²) < 4.78 is 62.2. The van der Waals surface area contributed by atoms with Gasteiger partial charge in [-0.1, -0.05) is 13.8 Å². The molecule has 0 unspecified atom stereocenters. The van der Waals surface area contributed by atoms with Crippen LogP contribution in [0.15, 0.2) is 28.0 Å². The van der Waals surface area contributed by atoms with Crippen LogP contribution in [0.4, 0.5) is 4.39 Å². The molecule has 0 fully saturated rings. The first-order valence-electron chi connectivity index (χ1n) is 5.92. The molecule has 0 aromatic heterocycles. The second-order valence-corrected chi connectivity index (χ2v) is 9.07. The van der Waals surface area contributed by atoms with Gasteiger partial charge < -0.3 is 0 Å². The molecule has 0 N–H and O–H groups in total. The Kier molecular flexibility index (Phi) is 4.94. The summed E-state index contributed by atoms with van der Waals surface area (Å²) in [7, 11) is -6.32. The van der Waals surface area contributed by atoms with Gasteiger partial charge in [0.2, 0.25) is 10.0 Å². The minimum absolute atomic E-state index is 0.0657. The fourth-order valence-corrected chi connectivity index (χ4v) is 3.83. The molecule has 0 aliphatic carbocycles. The van der Waals surface area contributed by atoms with Crippen LogP contribution < -0.4 is 0 Å². The molecule has 1 rings (SSSR count). The molecule has 1 aromatic carbocycles. The van der Waals surface area contributed by atoms with Gasteiger partial charge in [-0.15, -0.1) is 0 Å². The van der Waals surface area contributed by atoms with Crippen molar-refractivity contribution in [1.82, 2.24) is 4.31 Å². The van der Waals surface area contributed by atoms with Crippen LogP contribution in [0.3, 0.4) is 0 Å². The molecule has 0 saturated carbocycles. The normalized spacial score (nSPS) is 13.2. The van der Waals surface area contributed by atoms with Gasteiger partial charge in [0.1, 0.15) is 10.7 Å². The molecule has 8 heteroatoms. The van der Waals surface area contributed by atoms with Crippen LogP contribution in [0.5, 0.6) is 0 Å². The number of halogens is 1. The van der Waals surface area contributed by atoms with Crippen molar-refractivity contribution in [3.63, 3.8) is 0 Å². The van der Waals surface area contributed by atoms with Gasteiger partial charge in [0.05, 0.1) is 4.90 Å². The molecular formula is C12H18FNO4S2. The lowest BCUT2D eigenvalue weighted by Gasteiger charge is -2.19.